The highest BCUT2D eigenvalue weighted by atomic mass is 35.5. The summed E-state index contributed by atoms with van der Waals surface area (Å²) in [7, 11) is 0. The molecule has 19 heavy (non-hydrogen) atoms. The molecule has 0 bridgehead atoms. The van der Waals surface area contributed by atoms with Crippen LogP contribution < -0.4 is 11.1 Å². The highest BCUT2D eigenvalue weighted by Gasteiger charge is 2.44. The van der Waals surface area contributed by atoms with E-state index in [0.29, 0.717) is 5.02 Å². The Morgan fingerprint density at radius 1 is 1.32 bits per heavy atom. The molecule has 0 radical (unpaired) electrons. The zero-order valence-electron chi connectivity index (χ0n) is 11.1. The molecule has 1 unspecified atom stereocenters. The van der Waals surface area contributed by atoms with Crippen LogP contribution in [0.2, 0.25) is 5.02 Å². The number of guanidine groups is 1. The van der Waals surface area contributed by atoms with Gasteiger partial charge in [-0.1, -0.05) is 37.6 Å². The monoisotopic (exact) mass is 279 g/mol. The standard InChI is InChI=1S/C14H18ClN3O/c1-3-14(4-2)11(12(19)17-13(16)18-14)9-5-7-10(15)8-6-9/h5-8,11H,3-4H2,1-2H3,(H3,16,17,18,19). The summed E-state index contributed by atoms with van der Waals surface area (Å²) in [6, 6.07) is 7.34. The van der Waals surface area contributed by atoms with Crippen molar-refractivity contribution in [1.82, 2.24) is 5.32 Å². The van der Waals surface area contributed by atoms with Gasteiger partial charge in [-0.25, -0.2) is 4.99 Å². The van der Waals surface area contributed by atoms with Crippen LogP contribution >= 0.6 is 11.6 Å². The summed E-state index contributed by atoms with van der Waals surface area (Å²) < 4.78 is 0. The number of benzene rings is 1. The lowest BCUT2D eigenvalue weighted by Gasteiger charge is -2.38. The summed E-state index contributed by atoms with van der Waals surface area (Å²) in [6.45, 7) is 4.06. The van der Waals surface area contributed by atoms with Crippen LogP contribution in [0.15, 0.2) is 29.3 Å². The Balaban J connectivity index is 2.51. The van der Waals surface area contributed by atoms with Gasteiger partial charge in [-0.3, -0.25) is 10.1 Å². The van der Waals surface area contributed by atoms with Gasteiger partial charge in [-0.05, 0) is 30.5 Å². The van der Waals surface area contributed by atoms with Crippen molar-refractivity contribution in [1.29, 1.82) is 0 Å². The molecule has 3 N–H and O–H groups in total. The Kier molecular flexibility index (Phi) is 3.80. The highest BCUT2D eigenvalue weighted by Crippen LogP contribution is 2.39. The zero-order chi connectivity index (χ0) is 14.0. The molecule has 1 aromatic rings. The Labute approximate surface area is 118 Å². The van der Waals surface area contributed by atoms with E-state index in [1.807, 2.05) is 26.0 Å². The van der Waals surface area contributed by atoms with E-state index >= 15 is 0 Å². The molecule has 102 valence electrons. The van der Waals surface area contributed by atoms with E-state index < -0.39 is 5.54 Å². The predicted octanol–water partition coefficient (Wildman–Crippen LogP) is 2.43. The van der Waals surface area contributed by atoms with Crippen LogP contribution in [0.25, 0.3) is 0 Å². The molecule has 0 fully saturated rings. The normalized spacial score (nSPS) is 21.7. The number of carbonyl (C=O) groups is 1. The average molecular weight is 280 g/mol. The van der Waals surface area contributed by atoms with Gasteiger partial charge in [-0.15, -0.1) is 0 Å². The molecule has 1 amide bonds. The fourth-order valence-corrected chi connectivity index (χ4v) is 2.83. The minimum atomic E-state index is -0.472. The molecule has 0 spiro atoms. The smallest absolute Gasteiger partial charge is 0.236 e. The van der Waals surface area contributed by atoms with Crippen LogP contribution in [-0.4, -0.2) is 17.4 Å². The maximum absolute atomic E-state index is 12.3. The zero-order valence-corrected chi connectivity index (χ0v) is 11.9. The number of carbonyl (C=O) groups excluding carboxylic acids is 1. The summed E-state index contributed by atoms with van der Waals surface area (Å²) in [6.07, 6.45) is 1.51. The summed E-state index contributed by atoms with van der Waals surface area (Å²) in [5, 5.41) is 3.28. The first-order valence-corrected chi connectivity index (χ1v) is 6.82. The van der Waals surface area contributed by atoms with Crippen molar-refractivity contribution in [3.8, 4) is 0 Å². The van der Waals surface area contributed by atoms with Gasteiger partial charge in [0.25, 0.3) is 0 Å². The number of aliphatic imine (C=N–C) groups is 1. The highest BCUT2D eigenvalue weighted by molar-refractivity contribution is 6.30. The second-order valence-corrected chi connectivity index (χ2v) is 5.22. The van der Waals surface area contributed by atoms with Gasteiger partial charge in [0.1, 0.15) is 0 Å². The van der Waals surface area contributed by atoms with E-state index in [-0.39, 0.29) is 17.8 Å². The van der Waals surface area contributed by atoms with Crippen LogP contribution in [-0.2, 0) is 4.79 Å². The summed E-state index contributed by atoms with van der Waals surface area (Å²) in [5.74, 6) is -0.218. The van der Waals surface area contributed by atoms with Crippen molar-refractivity contribution in [2.75, 3.05) is 0 Å². The van der Waals surface area contributed by atoms with Gasteiger partial charge in [0.2, 0.25) is 5.91 Å². The fraction of sp³-hybridized carbons (Fsp3) is 0.429. The van der Waals surface area contributed by atoms with E-state index in [2.05, 4.69) is 10.3 Å². The van der Waals surface area contributed by atoms with Crippen LogP contribution in [0.3, 0.4) is 0 Å². The van der Waals surface area contributed by atoms with E-state index in [1.165, 1.54) is 0 Å². The van der Waals surface area contributed by atoms with Crippen molar-refractivity contribution in [3.05, 3.63) is 34.9 Å². The number of nitrogens with one attached hydrogen (secondary N) is 1. The first-order chi connectivity index (χ1) is 9.02. The van der Waals surface area contributed by atoms with Crippen LogP contribution in [0, 0.1) is 0 Å². The van der Waals surface area contributed by atoms with Crippen LogP contribution in [0.4, 0.5) is 0 Å². The van der Waals surface area contributed by atoms with Crippen molar-refractivity contribution in [2.45, 2.75) is 38.1 Å². The lowest BCUT2D eigenvalue weighted by Crippen LogP contribution is -2.53. The van der Waals surface area contributed by atoms with Gasteiger partial charge < -0.3 is 5.73 Å². The molecule has 2 rings (SSSR count). The lowest BCUT2D eigenvalue weighted by atomic mass is 9.74. The third-order valence-corrected chi connectivity index (χ3v) is 4.07. The summed E-state index contributed by atoms with van der Waals surface area (Å²) >= 11 is 5.90. The van der Waals surface area contributed by atoms with Crippen molar-refractivity contribution < 1.29 is 4.79 Å². The van der Waals surface area contributed by atoms with Gasteiger partial charge in [0.15, 0.2) is 5.96 Å². The summed E-state index contributed by atoms with van der Waals surface area (Å²) in [4.78, 5) is 16.8. The van der Waals surface area contributed by atoms with Gasteiger partial charge in [0, 0.05) is 5.02 Å². The first kappa shape index (κ1) is 13.9. The van der Waals surface area contributed by atoms with E-state index in [4.69, 9.17) is 17.3 Å². The molecule has 0 saturated heterocycles. The predicted molar refractivity (Wildman–Crippen MR) is 77.3 cm³/mol. The Morgan fingerprint density at radius 2 is 1.89 bits per heavy atom. The first-order valence-electron chi connectivity index (χ1n) is 6.44. The van der Waals surface area contributed by atoms with Gasteiger partial charge in [-0.2, -0.15) is 0 Å². The average Bonchev–Trinajstić information content (AvgIpc) is 2.39. The molecule has 1 atom stereocenters. The molecule has 4 nitrogen and oxygen atoms in total. The Hall–Kier alpha value is -1.55. The molecule has 1 aromatic carbocycles. The second kappa shape index (κ2) is 5.21. The van der Waals surface area contributed by atoms with Crippen molar-refractivity contribution in [3.63, 3.8) is 0 Å². The fourth-order valence-electron chi connectivity index (χ4n) is 2.71. The van der Waals surface area contributed by atoms with Crippen LogP contribution in [0.1, 0.15) is 38.2 Å². The molecule has 1 heterocycles. The van der Waals surface area contributed by atoms with Gasteiger partial charge in [0.05, 0.1) is 11.5 Å². The molecule has 1 aliphatic rings. The summed E-state index contributed by atoms with van der Waals surface area (Å²) in [5.41, 5.74) is 6.16. The van der Waals surface area contributed by atoms with E-state index in [1.54, 1.807) is 12.1 Å². The molecular formula is C14H18ClN3O. The number of amides is 1. The second-order valence-electron chi connectivity index (χ2n) is 4.78. The molecule has 0 aromatic heterocycles. The number of nitrogens with two attached hydrogens (primary N) is 1. The lowest BCUT2D eigenvalue weighted by molar-refractivity contribution is -0.123. The number of rotatable bonds is 3. The third-order valence-electron chi connectivity index (χ3n) is 3.82. The number of nitrogens with zero attached hydrogens (tertiary/aromatic N) is 1. The van der Waals surface area contributed by atoms with E-state index in [0.717, 1.165) is 18.4 Å². The minimum Gasteiger partial charge on any atom is -0.370 e. The molecule has 1 aliphatic heterocycles. The van der Waals surface area contributed by atoms with E-state index in [9.17, 15) is 4.79 Å². The maximum atomic E-state index is 12.3. The molecule has 0 aliphatic carbocycles. The van der Waals surface area contributed by atoms with Crippen molar-refractivity contribution in [2.24, 2.45) is 10.7 Å². The molecule has 0 saturated carbocycles. The quantitative estimate of drug-likeness (QED) is 0.892. The number of halogens is 1. The SMILES string of the molecule is CCC1(CC)N=C(N)NC(=O)C1c1ccc(Cl)cc1. The Morgan fingerprint density at radius 3 is 2.42 bits per heavy atom. The van der Waals surface area contributed by atoms with Gasteiger partial charge >= 0.3 is 0 Å². The minimum absolute atomic E-state index is 0.0986. The molecular weight excluding hydrogens is 262 g/mol. The maximum Gasteiger partial charge on any atom is 0.236 e. The number of hydrogen-bond donors (Lipinski definition) is 2. The molecule has 5 heteroatoms. The van der Waals surface area contributed by atoms with Crippen molar-refractivity contribution >= 4 is 23.5 Å². The third kappa shape index (κ3) is 2.45. The van der Waals surface area contributed by atoms with Crippen LogP contribution in [0.5, 0.6) is 0 Å². The topological polar surface area (TPSA) is 67.5 Å². The largest absolute Gasteiger partial charge is 0.370 e. The number of hydrogen-bond acceptors (Lipinski definition) is 3. The Bertz CT molecular complexity index is 506.